The fraction of sp³-hybridized carbons (Fsp3) is 0.757. The molecule has 0 spiro atoms. The molecule has 0 radical (unpaired) electrons. The van der Waals surface area contributed by atoms with Gasteiger partial charge in [0.05, 0.1) is 13.2 Å². The molecule has 0 saturated heterocycles. The summed E-state index contributed by atoms with van der Waals surface area (Å²) in [6.45, 7) is 5.22. The van der Waals surface area contributed by atoms with Gasteiger partial charge in [-0.1, -0.05) is 133 Å². The molecular weight excluding hydrogens is 508 g/mol. The minimum Gasteiger partial charge on any atom is -0.457 e. The number of unbranched alkanes of at least 4 members (excludes halogenated alkanes) is 15. The van der Waals surface area contributed by atoms with E-state index in [4.69, 9.17) is 9.47 Å². The van der Waals surface area contributed by atoms with Crippen LogP contribution in [0.5, 0.6) is 0 Å². The molecule has 0 rings (SSSR count). The van der Waals surface area contributed by atoms with Gasteiger partial charge in [0.25, 0.3) is 0 Å². The maximum Gasteiger partial charge on any atom is 0.306 e. The molecule has 1 N–H and O–H groups in total. The van der Waals surface area contributed by atoms with Gasteiger partial charge >= 0.3 is 5.97 Å². The van der Waals surface area contributed by atoms with Crippen LogP contribution in [0.4, 0.5) is 0 Å². The number of carbonyl (C=O) groups excluding carboxylic acids is 1. The number of hydrogen-bond acceptors (Lipinski definition) is 4. The number of esters is 1. The van der Waals surface area contributed by atoms with Crippen molar-refractivity contribution in [1.82, 2.24) is 0 Å². The number of aliphatic hydroxyl groups excluding tert-OH is 1. The molecule has 41 heavy (non-hydrogen) atoms. The van der Waals surface area contributed by atoms with Gasteiger partial charge in [-0.2, -0.15) is 0 Å². The first-order valence-corrected chi connectivity index (χ1v) is 17.2. The molecule has 4 nitrogen and oxygen atoms in total. The third kappa shape index (κ3) is 32.7. The Bertz CT molecular complexity index is 649. The largest absolute Gasteiger partial charge is 0.457 e. The second-order valence-corrected chi connectivity index (χ2v) is 11.2. The van der Waals surface area contributed by atoms with E-state index in [2.05, 4.69) is 62.5 Å². The zero-order chi connectivity index (χ0) is 29.9. The predicted molar refractivity (Wildman–Crippen MR) is 177 cm³/mol. The van der Waals surface area contributed by atoms with E-state index in [1.165, 1.54) is 83.5 Å². The van der Waals surface area contributed by atoms with Crippen molar-refractivity contribution in [3.63, 3.8) is 0 Å². The van der Waals surface area contributed by atoms with Gasteiger partial charge < -0.3 is 14.6 Å². The zero-order valence-electron chi connectivity index (χ0n) is 27.0. The van der Waals surface area contributed by atoms with E-state index in [9.17, 15) is 9.90 Å². The van der Waals surface area contributed by atoms with Crippen molar-refractivity contribution in [2.45, 2.75) is 161 Å². The van der Waals surface area contributed by atoms with Gasteiger partial charge in [0.1, 0.15) is 6.10 Å². The van der Waals surface area contributed by atoms with Gasteiger partial charge in [-0.15, -0.1) is 0 Å². The van der Waals surface area contributed by atoms with E-state index in [0.29, 0.717) is 13.0 Å². The first-order chi connectivity index (χ1) is 20.2. The third-order valence-electron chi connectivity index (χ3n) is 7.13. The van der Waals surface area contributed by atoms with Crippen LogP contribution in [-0.2, 0) is 14.3 Å². The van der Waals surface area contributed by atoms with Crippen LogP contribution < -0.4 is 0 Å². The van der Waals surface area contributed by atoms with Crippen molar-refractivity contribution < 1.29 is 19.4 Å². The Labute approximate surface area is 254 Å². The van der Waals surface area contributed by atoms with E-state index >= 15 is 0 Å². The molecule has 0 aliphatic heterocycles. The van der Waals surface area contributed by atoms with Gasteiger partial charge in [0.15, 0.2) is 0 Å². The van der Waals surface area contributed by atoms with Crippen molar-refractivity contribution in [1.29, 1.82) is 0 Å². The van der Waals surface area contributed by atoms with Crippen LogP contribution in [0.2, 0.25) is 0 Å². The summed E-state index contributed by atoms with van der Waals surface area (Å²) in [6.07, 6.45) is 42.8. The number of ether oxygens (including phenoxy) is 2. The highest BCUT2D eigenvalue weighted by Crippen LogP contribution is 2.11. The standard InChI is InChI=1S/C37H66O4/c1-3-5-7-9-11-13-15-17-19-21-23-25-27-29-31-33-40-35-36(34-38)41-37(39)32-30-28-26-24-22-20-18-16-14-12-10-8-6-4-2/h9-12,15-18,36,38H,3-8,13-14,19-35H2,1-2H3/b11-9-,12-10-,17-15-,18-16-. The van der Waals surface area contributed by atoms with Gasteiger partial charge in [0.2, 0.25) is 0 Å². The highest BCUT2D eigenvalue weighted by atomic mass is 16.6. The fourth-order valence-corrected chi connectivity index (χ4v) is 4.48. The van der Waals surface area contributed by atoms with E-state index in [1.54, 1.807) is 0 Å². The number of aliphatic hydroxyl groups is 1. The molecule has 1 atom stereocenters. The lowest BCUT2D eigenvalue weighted by Gasteiger charge is -2.15. The molecule has 4 heteroatoms. The molecule has 0 amide bonds. The van der Waals surface area contributed by atoms with Crippen LogP contribution in [0.15, 0.2) is 48.6 Å². The van der Waals surface area contributed by atoms with Crippen molar-refractivity contribution in [2.75, 3.05) is 19.8 Å². The Morgan fingerprint density at radius 3 is 1.51 bits per heavy atom. The van der Waals surface area contributed by atoms with Gasteiger partial charge in [-0.05, 0) is 64.2 Å². The lowest BCUT2D eigenvalue weighted by molar-refractivity contribution is -0.154. The molecule has 0 aliphatic carbocycles. The molecule has 0 aromatic carbocycles. The van der Waals surface area contributed by atoms with Crippen molar-refractivity contribution in [2.24, 2.45) is 0 Å². The quantitative estimate of drug-likeness (QED) is 0.0508. The molecule has 0 fully saturated rings. The Morgan fingerprint density at radius 1 is 0.585 bits per heavy atom. The van der Waals surface area contributed by atoms with E-state index in [-0.39, 0.29) is 19.2 Å². The number of carbonyl (C=O) groups is 1. The Kier molecular flexibility index (Phi) is 33.2. The van der Waals surface area contributed by atoms with E-state index in [0.717, 1.165) is 51.4 Å². The fourth-order valence-electron chi connectivity index (χ4n) is 4.48. The molecule has 0 aromatic heterocycles. The third-order valence-corrected chi connectivity index (χ3v) is 7.13. The summed E-state index contributed by atoms with van der Waals surface area (Å²) in [5, 5.41) is 9.53. The Balaban J connectivity index is 3.51. The SMILES string of the molecule is CCCC/C=C\C/C=C\CCCCCCCCOCC(CO)OC(=O)CCCCCCC/C=C\C/C=C\CCCC. The number of rotatable bonds is 31. The Hall–Kier alpha value is -1.65. The summed E-state index contributed by atoms with van der Waals surface area (Å²) in [7, 11) is 0. The smallest absolute Gasteiger partial charge is 0.306 e. The first-order valence-electron chi connectivity index (χ1n) is 17.2. The average Bonchev–Trinajstić information content (AvgIpc) is 2.98. The summed E-state index contributed by atoms with van der Waals surface area (Å²) in [5.41, 5.74) is 0. The maximum absolute atomic E-state index is 12.1. The van der Waals surface area contributed by atoms with Gasteiger partial charge in [0, 0.05) is 13.0 Å². The minimum atomic E-state index is -0.546. The maximum atomic E-state index is 12.1. The van der Waals surface area contributed by atoms with Crippen LogP contribution in [0.25, 0.3) is 0 Å². The molecule has 0 aromatic rings. The minimum absolute atomic E-state index is 0.183. The molecule has 0 saturated carbocycles. The molecule has 0 bridgehead atoms. The van der Waals surface area contributed by atoms with Crippen molar-refractivity contribution in [3.05, 3.63) is 48.6 Å². The highest BCUT2D eigenvalue weighted by Gasteiger charge is 2.13. The number of allylic oxidation sites excluding steroid dienone is 8. The van der Waals surface area contributed by atoms with Crippen LogP contribution in [-0.4, -0.2) is 37.0 Å². The Morgan fingerprint density at radius 2 is 1.02 bits per heavy atom. The summed E-state index contributed by atoms with van der Waals surface area (Å²) >= 11 is 0. The molecule has 1 unspecified atom stereocenters. The van der Waals surface area contributed by atoms with Crippen LogP contribution in [0.3, 0.4) is 0 Å². The lowest BCUT2D eigenvalue weighted by Crippen LogP contribution is -2.27. The molecule has 0 aliphatic rings. The molecule has 238 valence electrons. The first kappa shape index (κ1) is 39.4. The second kappa shape index (κ2) is 34.6. The monoisotopic (exact) mass is 574 g/mol. The summed E-state index contributed by atoms with van der Waals surface area (Å²) in [6, 6.07) is 0. The summed E-state index contributed by atoms with van der Waals surface area (Å²) < 4.78 is 11.1. The average molecular weight is 575 g/mol. The van der Waals surface area contributed by atoms with Crippen molar-refractivity contribution in [3.8, 4) is 0 Å². The molecule has 0 heterocycles. The van der Waals surface area contributed by atoms with Crippen molar-refractivity contribution >= 4 is 5.97 Å². The second-order valence-electron chi connectivity index (χ2n) is 11.2. The van der Waals surface area contributed by atoms with Crippen LogP contribution in [0, 0.1) is 0 Å². The zero-order valence-corrected chi connectivity index (χ0v) is 27.0. The normalized spacial score (nSPS) is 13.0. The van der Waals surface area contributed by atoms with Crippen LogP contribution in [0.1, 0.15) is 155 Å². The summed E-state index contributed by atoms with van der Waals surface area (Å²) in [4.78, 5) is 12.1. The number of hydrogen-bond donors (Lipinski definition) is 1. The van der Waals surface area contributed by atoms with E-state index < -0.39 is 6.10 Å². The lowest BCUT2D eigenvalue weighted by atomic mass is 10.1. The predicted octanol–water partition coefficient (Wildman–Crippen LogP) is 10.8. The topological polar surface area (TPSA) is 55.8 Å². The highest BCUT2D eigenvalue weighted by molar-refractivity contribution is 5.69. The van der Waals surface area contributed by atoms with E-state index in [1.807, 2.05) is 0 Å². The van der Waals surface area contributed by atoms with Gasteiger partial charge in [-0.25, -0.2) is 0 Å². The summed E-state index contributed by atoms with van der Waals surface area (Å²) in [5.74, 6) is -0.221. The van der Waals surface area contributed by atoms with Crippen LogP contribution >= 0.6 is 0 Å². The molecular formula is C37H66O4. The van der Waals surface area contributed by atoms with Gasteiger partial charge in [-0.3, -0.25) is 4.79 Å².